The van der Waals surface area contributed by atoms with Gasteiger partial charge in [-0.25, -0.2) is 0 Å². The number of halogens is 1. The number of nitrogens with one attached hydrogen (secondary N) is 1. The lowest BCUT2D eigenvalue weighted by atomic mass is 10.0. The van der Waals surface area contributed by atoms with Crippen molar-refractivity contribution in [2.75, 3.05) is 6.54 Å². The fourth-order valence-corrected chi connectivity index (χ4v) is 3.94. The highest BCUT2D eigenvalue weighted by Crippen LogP contribution is 2.31. The Morgan fingerprint density at radius 1 is 1.16 bits per heavy atom. The van der Waals surface area contributed by atoms with Gasteiger partial charge in [-0.15, -0.1) is 0 Å². The van der Waals surface area contributed by atoms with Gasteiger partial charge in [0.05, 0.1) is 6.04 Å². The van der Waals surface area contributed by atoms with Crippen LogP contribution in [0.3, 0.4) is 0 Å². The monoisotopic (exact) mass is 468 g/mol. The van der Waals surface area contributed by atoms with Gasteiger partial charge in [-0.05, 0) is 37.0 Å². The summed E-state index contributed by atoms with van der Waals surface area (Å²) in [5.74, 6) is -1.47. The van der Waals surface area contributed by atoms with Crippen LogP contribution in [0.1, 0.15) is 30.4 Å². The molecule has 2 rings (SSSR count). The largest absolute Gasteiger partial charge is 0.506 e. The van der Waals surface area contributed by atoms with Gasteiger partial charge in [0.2, 0.25) is 5.91 Å². The molecule has 1 atom stereocenters. The van der Waals surface area contributed by atoms with E-state index in [1.165, 1.54) is 11.6 Å². The molecule has 0 unspecified atom stereocenters. The zero-order chi connectivity index (χ0) is 23.0. The van der Waals surface area contributed by atoms with Gasteiger partial charge in [0.25, 0.3) is 10.1 Å². The molecule has 0 aliphatic heterocycles. The van der Waals surface area contributed by atoms with E-state index in [2.05, 4.69) is 5.32 Å². The summed E-state index contributed by atoms with van der Waals surface area (Å²) in [6, 6.07) is 11.1. The van der Waals surface area contributed by atoms with Gasteiger partial charge in [-0.2, -0.15) is 8.42 Å². The molecule has 8 nitrogen and oxygen atoms in total. The topological polar surface area (TPSA) is 147 Å². The maximum atomic E-state index is 12.2. The predicted octanol–water partition coefficient (Wildman–Crippen LogP) is 2.26. The highest BCUT2D eigenvalue weighted by atomic mass is 35.5. The van der Waals surface area contributed by atoms with Crippen molar-refractivity contribution in [3.05, 3.63) is 58.6 Å². The van der Waals surface area contributed by atoms with Crippen molar-refractivity contribution in [1.82, 2.24) is 5.32 Å². The molecule has 0 aliphatic carbocycles. The number of aromatic hydroxyl groups is 1. The molecule has 168 valence electrons. The zero-order valence-electron chi connectivity index (χ0n) is 16.8. The Kier molecular flexibility index (Phi) is 9.00. The number of phenolic OH excluding ortho intramolecular Hbond substituents is 1. The van der Waals surface area contributed by atoms with E-state index in [0.29, 0.717) is 6.54 Å². The molecule has 5 N–H and O–H groups in total. The standard InChI is InChI=1S/C21H25ClN2O6S/c22-16-11-15(20(26)19(13-16)31(28,29)30)12-17(25)8-9-18(23)21(27)24-10-4-7-14-5-2-1-3-6-14/h1-3,5-6,11,13,18,26H,4,7-10,12,23H2,(H,24,27)(H,28,29,30)/t18-/m0/s1. The van der Waals surface area contributed by atoms with Crippen LogP contribution in [0.2, 0.25) is 5.02 Å². The average Bonchev–Trinajstić information content (AvgIpc) is 2.71. The summed E-state index contributed by atoms with van der Waals surface area (Å²) in [4.78, 5) is 23.5. The first-order valence-corrected chi connectivity index (χ1v) is 11.5. The van der Waals surface area contributed by atoms with Crippen LogP contribution in [-0.2, 0) is 32.5 Å². The fourth-order valence-electron chi connectivity index (χ4n) is 2.99. The number of hydrogen-bond donors (Lipinski definition) is 4. The van der Waals surface area contributed by atoms with Crippen molar-refractivity contribution in [2.45, 2.75) is 43.0 Å². The van der Waals surface area contributed by atoms with Crippen LogP contribution < -0.4 is 11.1 Å². The van der Waals surface area contributed by atoms with Gasteiger partial charge in [-0.1, -0.05) is 41.9 Å². The summed E-state index contributed by atoms with van der Waals surface area (Å²) in [7, 11) is -4.70. The highest BCUT2D eigenvalue weighted by Gasteiger charge is 2.21. The van der Waals surface area contributed by atoms with E-state index in [9.17, 15) is 23.1 Å². The van der Waals surface area contributed by atoms with E-state index in [4.69, 9.17) is 21.9 Å². The molecular weight excluding hydrogens is 444 g/mol. The van der Waals surface area contributed by atoms with Crippen LogP contribution in [0.25, 0.3) is 0 Å². The van der Waals surface area contributed by atoms with E-state index in [1.54, 1.807) is 0 Å². The Morgan fingerprint density at radius 2 is 1.84 bits per heavy atom. The summed E-state index contributed by atoms with van der Waals surface area (Å²) in [5, 5.41) is 12.7. The zero-order valence-corrected chi connectivity index (χ0v) is 18.3. The molecule has 0 heterocycles. The van der Waals surface area contributed by atoms with E-state index in [-0.39, 0.29) is 41.5 Å². The molecule has 2 aromatic carbocycles. The number of phenols is 1. The minimum atomic E-state index is -4.70. The fraction of sp³-hybridized carbons (Fsp3) is 0.333. The number of ketones is 1. The van der Waals surface area contributed by atoms with Crippen LogP contribution in [-0.4, -0.2) is 42.4 Å². The smallest absolute Gasteiger partial charge is 0.298 e. The molecule has 0 aromatic heterocycles. The first kappa shape index (κ1) is 24.8. The second kappa shape index (κ2) is 11.2. The van der Waals surface area contributed by atoms with Gasteiger partial charge in [0.1, 0.15) is 16.4 Å². The van der Waals surface area contributed by atoms with Gasteiger partial charge in [0, 0.05) is 30.0 Å². The third-order valence-electron chi connectivity index (χ3n) is 4.64. The van der Waals surface area contributed by atoms with Crippen LogP contribution in [0.4, 0.5) is 0 Å². The van der Waals surface area contributed by atoms with Gasteiger partial charge < -0.3 is 16.2 Å². The van der Waals surface area contributed by atoms with Gasteiger partial charge >= 0.3 is 0 Å². The first-order valence-electron chi connectivity index (χ1n) is 9.65. The number of aryl methyl sites for hydroxylation is 1. The Labute approximate surface area is 186 Å². The van der Waals surface area contributed by atoms with Crippen molar-refractivity contribution < 1.29 is 27.7 Å². The molecule has 0 saturated carbocycles. The maximum Gasteiger partial charge on any atom is 0.298 e. The average molecular weight is 469 g/mol. The van der Waals surface area contributed by atoms with E-state index in [0.717, 1.165) is 18.9 Å². The number of hydrogen-bond acceptors (Lipinski definition) is 6. The minimum Gasteiger partial charge on any atom is -0.506 e. The normalized spacial score (nSPS) is 12.4. The van der Waals surface area contributed by atoms with Crippen LogP contribution in [0, 0.1) is 0 Å². The summed E-state index contributed by atoms with van der Waals surface area (Å²) in [5.41, 5.74) is 6.98. The molecule has 0 saturated heterocycles. The van der Waals surface area contributed by atoms with Crippen molar-refractivity contribution >= 4 is 33.4 Å². The Bertz CT molecular complexity index is 1030. The molecule has 2 aromatic rings. The molecule has 31 heavy (non-hydrogen) atoms. The van der Waals surface area contributed by atoms with Gasteiger partial charge in [-0.3, -0.25) is 14.1 Å². The van der Waals surface area contributed by atoms with E-state index in [1.807, 2.05) is 30.3 Å². The van der Waals surface area contributed by atoms with E-state index < -0.39 is 26.8 Å². The lowest BCUT2D eigenvalue weighted by Crippen LogP contribution is -2.41. The molecular formula is C21H25ClN2O6S. The molecule has 0 aliphatic rings. The molecule has 0 radical (unpaired) electrons. The summed E-state index contributed by atoms with van der Waals surface area (Å²) in [6.07, 6.45) is 1.30. The van der Waals surface area contributed by atoms with E-state index >= 15 is 0 Å². The maximum absolute atomic E-state index is 12.2. The third-order valence-corrected chi connectivity index (χ3v) is 5.72. The first-order chi connectivity index (χ1) is 14.6. The summed E-state index contributed by atoms with van der Waals surface area (Å²) >= 11 is 5.81. The Balaban J connectivity index is 1.80. The molecule has 0 spiro atoms. The highest BCUT2D eigenvalue weighted by molar-refractivity contribution is 7.86. The number of amides is 1. The molecule has 10 heteroatoms. The molecule has 0 bridgehead atoms. The second-order valence-corrected chi connectivity index (χ2v) is 8.95. The Hall–Kier alpha value is -2.46. The van der Waals surface area contributed by atoms with Gasteiger partial charge in [0.15, 0.2) is 0 Å². The van der Waals surface area contributed by atoms with Crippen molar-refractivity contribution in [3.8, 4) is 5.75 Å². The van der Waals surface area contributed by atoms with Crippen LogP contribution in [0.5, 0.6) is 5.75 Å². The SMILES string of the molecule is N[C@@H](CCC(=O)Cc1cc(Cl)cc(S(=O)(=O)O)c1O)C(=O)NCCCc1ccccc1. The molecule has 0 fully saturated rings. The quantitative estimate of drug-likeness (QED) is 0.292. The molecule has 1 amide bonds. The second-order valence-electron chi connectivity index (χ2n) is 7.13. The lowest BCUT2D eigenvalue weighted by molar-refractivity contribution is -0.122. The lowest BCUT2D eigenvalue weighted by Gasteiger charge is -2.12. The number of Topliss-reactive ketones (excluding diaryl/α,β-unsaturated/α-hetero) is 1. The number of nitrogens with two attached hydrogens (primary N) is 1. The predicted molar refractivity (Wildman–Crippen MR) is 117 cm³/mol. The third kappa shape index (κ3) is 7.95. The van der Waals surface area contributed by atoms with Crippen molar-refractivity contribution in [1.29, 1.82) is 0 Å². The van der Waals surface area contributed by atoms with Crippen LogP contribution >= 0.6 is 11.6 Å². The minimum absolute atomic E-state index is 0.0379. The summed E-state index contributed by atoms with van der Waals surface area (Å²) < 4.78 is 31.8. The number of benzene rings is 2. The van der Waals surface area contributed by atoms with Crippen LogP contribution in [0.15, 0.2) is 47.4 Å². The number of carbonyl (C=O) groups excluding carboxylic acids is 2. The van der Waals surface area contributed by atoms with Crippen molar-refractivity contribution in [3.63, 3.8) is 0 Å². The summed E-state index contributed by atoms with van der Waals surface area (Å²) in [6.45, 7) is 0.462. The number of carbonyl (C=O) groups is 2. The number of rotatable bonds is 11. The Morgan fingerprint density at radius 3 is 2.48 bits per heavy atom. The van der Waals surface area contributed by atoms with Crippen molar-refractivity contribution in [2.24, 2.45) is 5.73 Å².